The summed E-state index contributed by atoms with van der Waals surface area (Å²) < 4.78 is 18.7. The van der Waals surface area contributed by atoms with Crippen LogP contribution < -0.4 is 4.74 Å². The first kappa shape index (κ1) is 13.0. The van der Waals surface area contributed by atoms with Gasteiger partial charge in [-0.1, -0.05) is 19.3 Å². The summed E-state index contributed by atoms with van der Waals surface area (Å²) >= 11 is 0. The predicted molar refractivity (Wildman–Crippen MR) is 63.1 cm³/mol. The molecule has 1 fully saturated rings. The van der Waals surface area contributed by atoms with Gasteiger partial charge in [0.05, 0.1) is 12.7 Å². The second kappa shape index (κ2) is 5.02. The zero-order valence-electron chi connectivity index (χ0n) is 10.3. The summed E-state index contributed by atoms with van der Waals surface area (Å²) in [5.74, 6) is -1.59. The van der Waals surface area contributed by atoms with Gasteiger partial charge in [0.25, 0.3) is 5.88 Å². The van der Waals surface area contributed by atoms with Gasteiger partial charge in [-0.25, -0.2) is 9.37 Å². The number of pyridine rings is 1. The first-order valence-electron chi connectivity index (χ1n) is 6.04. The Morgan fingerprint density at radius 2 is 2.11 bits per heavy atom. The zero-order valence-corrected chi connectivity index (χ0v) is 10.3. The van der Waals surface area contributed by atoms with E-state index in [-0.39, 0.29) is 11.4 Å². The summed E-state index contributed by atoms with van der Waals surface area (Å²) in [7, 11) is 1.29. The van der Waals surface area contributed by atoms with E-state index in [9.17, 15) is 14.3 Å². The average Bonchev–Trinajstić information content (AvgIpc) is 2.39. The standard InChI is InChI=1S/C13H16FNO3/c1-18-12-10(14)9(5-8-15-12)11(16)13(17)6-3-2-4-7-13/h5,8,17H,2-4,6-7H2,1H3. The van der Waals surface area contributed by atoms with Gasteiger partial charge < -0.3 is 9.84 Å². The molecule has 1 N–H and O–H groups in total. The number of carbonyl (C=O) groups excluding carboxylic acids is 1. The molecule has 1 aromatic heterocycles. The molecule has 5 heteroatoms. The SMILES string of the molecule is COc1nccc(C(=O)C2(O)CCCCC2)c1F. The Hall–Kier alpha value is -1.49. The fourth-order valence-corrected chi connectivity index (χ4v) is 2.36. The van der Waals surface area contributed by atoms with Crippen LogP contribution >= 0.6 is 0 Å². The third-order valence-electron chi connectivity index (χ3n) is 3.40. The quantitative estimate of drug-likeness (QED) is 0.838. The number of nitrogens with zero attached hydrogens (tertiary/aromatic N) is 1. The molecule has 4 nitrogen and oxygen atoms in total. The fraction of sp³-hybridized carbons (Fsp3) is 0.538. The van der Waals surface area contributed by atoms with Gasteiger partial charge in [0, 0.05) is 6.20 Å². The lowest BCUT2D eigenvalue weighted by molar-refractivity contribution is 0.0112. The van der Waals surface area contributed by atoms with Crippen molar-refractivity contribution in [2.45, 2.75) is 37.7 Å². The molecule has 0 aliphatic heterocycles. The maximum atomic E-state index is 13.9. The van der Waals surface area contributed by atoms with Crippen molar-refractivity contribution in [2.24, 2.45) is 0 Å². The van der Waals surface area contributed by atoms with E-state index < -0.39 is 17.2 Å². The van der Waals surface area contributed by atoms with Gasteiger partial charge >= 0.3 is 0 Å². The monoisotopic (exact) mass is 253 g/mol. The van der Waals surface area contributed by atoms with Crippen LogP contribution in [-0.2, 0) is 0 Å². The second-order valence-corrected chi connectivity index (χ2v) is 4.60. The zero-order chi connectivity index (χ0) is 13.2. The molecule has 2 rings (SSSR count). The highest BCUT2D eigenvalue weighted by Gasteiger charge is 2.39. The van der Waals surface area contributed by atoms with Crippen molar-refractivity contribution in [1.29, 1.82) is 0 Å². The maximum absolute atomic E-state index is 13.9. The average molecular weight is 253 g/mol. The number of aliphatic hydroxyl groups is 1. The van der Waals surface area contributed by atoms with Gasteiger partial charge in [-0.2, -0.15) is 0 Å². The van der Waals surface area contributed by atoms with E-state index in [1.807, 2.05) is 0 Å². The van der Waals surface area contributed by atoms with Crippen LogP contribution in [0.15, 0.2) is 12.3 Å². The predicted octanol–water partition coefficient (Wildman–Crippen LogP) is 2.11. The minimum Gasteiger partial charge on any atom is -0.479 e. The Morgan fingerprint density at radius 3 is 2.72 bits per heavy atom. The Kier molecular flexibility index (Phi) is 3.61. The smallest absolute Gasteiger partial charge is 0.250 e. The minimum atomic E-state index is -1.44. The lowest BCUT2D eigenvalue weighted by Gasteiger charge is -2.30. The van der Waals surface area contributed by atoms with Crippen LogP contribution in [0.5, 0.6) is 5.88 Å². The molecule has 1 heterocycles. The molecule has 98 valence electrons. The number of methoxy groups -OCH3 is 1. The van der Waals surface area contributed by atoms with Crippen molar-refractivity contribution in [3.05, 3.63) is 23.6 Å². The maximum Gasteiger partial charge on any atom is 0.250 e. The number of aromatic nitrogens is 1. The van der Waals surface area contributed by atoms with E-state index in [0.29, 0.717) is 12.8 Å². The third-order valence-corrected chi connectivity index (χ3v) is 3.40. The topological polar surface area (TPSA) is 59.4 Å². The number of rotatable bonds is 3. The van der Waals surface area contributed by atoms with Gasteiger partial charge in [-0.3, -0.25) is 4.79 Å². The Balaban J connectivity index is 2.33. The van der Waals surface area contributed by atoms with Crippen molar-refractivity contribution in [2.75, 3.05) is 7.11 Å². The van der Waals surface area contributed by atoms with Crippen molar-refractivity contribution < 1.29 is 19.0 Å². The molecule has 0 radical (unpaired) electrons. The highest BCUT2D eigenvalue weighted by molar-refractivity contribution is 6.02. The van der Waals surface area contributed by atoms with E-state index >= 15 is 0 Å². The molecule has 0 atom stereocenters. The molecule has 18 heavy (non-hydrogen) atoms. The highest BCUT2D eigenvalue weighted by Crippen LogP contribution is 2.32. The molecular weight excluding hydrogens is 237 g/mol. The summed E-state index contributed by atoms with van der Waals surface area (Å²) in [6.45, 7) is 0. The van der Waals surface area contributed by atoms with E-state index in [0.717, 1.165) is 19.3 Å². The van der Waals surface area contributed by atoms with Gasteiger partial charge in [0.1, 0.15) is 5.60 Å². The Bertz CT molecular complexity index is 456. The van der Waals surface area contributed by atoms with Crippen LogP contribution in [0.25, 0.3) is 0 Å². The summed E-state index contributed by atoms with van der Waals surface area (Å²) in [6, 6.07) is 1.28. The first-order valence-corrected chi connectivity index (χ1v) is 6.04. The molecule has 0 aromatic carbocycles. The van der Waals surface area contributed by atoms with Crippen LogP contribution in [0.2, 0.25) is 0 Å². The largest absolute Gasteiger partial charge is 0.479 e. The van der Waals surface area contributed by atoms with Crippen molar-refractivity contribution in [3.8, 4) is 5.88 Å². The van der Waals surface area contributed by atoms with E-state index in [4.69, 9.17) is 4.74 Å². The van der Waals surface area contributed by atoms with Crippen molar-refractivity contribution in [3.63, 3.8) is 0 Å². The second-order valence-electron chi connectivity index (χ2n) is 4.60. The third kappa shape index (κ3) is 2.22. The molecule has 0 saturated heterocycles. The molecule has 1 saturated carbocycles. The number of hydrogen-bond acceptors (Lipinski definition) is 4. The van der Waals surface area contributed by atoms with Crippen LogP contribution in [0, 0.1) is 5.82 Å². The van der Waals surface area contributed by atoms with Gasteiger partial charge in [-0.05, 0) is 18.9 Å². The lowest BCUT2D eigenvalue weighted by Crippen LogP contribution is -2.41. The Morgan fingerprint density at radius 1 is 1.44 bits per heavy atom. The molecule has 0 unspecified atom stereocenters. The summed E-state index contributed by atoms with van der Waals surface area (Å²) in [5.41, 5.74) is -1.59. The van der Waals surface area contributed by atoms with E-state index in [1.54, 1.807) is 0 Å². The van der Waals surface area contributed by atoms with Crippen LogP contribution in [0.1, 0.15) is 42.5 Å². The lowest BCUT2D eigenvalue weighted by atomic mass is 9.79. The number of hydrogen-bond donors (Lipinski definition) is 1. The van der Waals surface area contributed by atoms with Gasteiger partial charge in [0.15, 0.2) is 11.6 Å². The van der Waals surface area contributed by atoms with Gasteiger partial charge in [0.2, 0.25) is 0 Å². The summed E-state index contributed by atoms with van der Waals surface area (Å²) in [4.78, 5) is 15.9. The molecule has 0 bridgehead atoms. The highest BCUT2D eigenvalue weighted by atomic mass is 19.1. The van der Waals surface area contributed by atoms with Gasteiger partial charge in [-0.15, -0.1) is 0 Å². The summed E-state index contributed by atoms with van der Waals surface area (Å²) in [5, 5.41) is 10.3. The fourth-order valence-electron chi connectivity index (χ4n) is 2.36. The Labute approximate surface area is 105 Å². The number of halogens is 1. The normalized spacial score (nSPS) is 18.4. The van der Waals surface area contributed by atoms with Crippen LogP contribution in [0.4, 0.5) is 4.39 Å². The van der Waals surface area contributed by atoms with E-state index in [2.05, 4.69) is 4.98 Å². The molecule has 0 spiro atoms. The number of ether oxygens (including phenoxy) is 1. The van der Waals surface area contributed by atoms with Crippen molar-refractivity contribution in [1.82, 2.24) is 4.98 Å². The van der Waals surface area contributed by atoms with Crippen molar-refractivity contribution >= 4 is 5.78 Å². The molecular formula is C13H16FNO3. The molecule has 1 aliphatic carbocycles. The number of Topliss-reactive ketones (excluding diaryl/α,β-unsaturated/α-hetero) is 1. The molecule has 1 aliphatic rings. The van der Waals surface area contributed by atoms with Crippen LogP contribution in [-0.4, -0.2) is 28.6 Å². The minimum absolute atomic E-state index is 0.147. The van der Waals surface area contributed by atoms with Crippen LogP contribution in [0.3, 0.4) is 0 Å². The number of carbonyl (C=O) groups is 1. The molecule has 0 amide bonds. The summed E-state index contributed by atoms with van der Waals surface area (Å²) in [6.07, 6.45) is 4.64. The molecule has 1 aromatic rings. The number of ketones is 1. The van der Waals surface area contributed by atoms with E-state index in [1.165, 1.54) is 19.4 Å². The first-order chi connectivity index (χ1) is 8.58.